The summed E-state index contributed by atoms with van der Waals surface area (Å²) in [5.41, 5.74) is 2.32. The number of amides is 2. The molecule has 0 saturated carbocycles. The average Bonchev–Trinajstić information content (AvgIpc) is 2.65. The molecule has 0 atom stereocenters. The molecule has 8 heteroatoms. The number of rotatable bonds is 5. The van der Waals surface area contributed by atoms with E-state index in [9.17, 15) is 14.9 Å². The summed E-state index contributed by atoms with van der Waals surface area (Å²) in [5, 5.41) is 17.3. The quantitative estimate of drug-likeness (QED) is 0.575. The molecule has 28 heavy (non-hydrogen) atoms. The number of urea groups is 1. The number of aryl methyl sites for hydroxylation is 1. The van der Waals surface area contributed by atoms with Gasteiger partial charge in [-0.25, -0.2) is 4.79 Å². The van der Waals surface area contributed by atoms with Gasteiger partial charge in [-0.3, -0.25) is 15.0 Å². The fourth-order valence-electron chi connectivity index (χ4n) is 3.37. The minimum atomic E-state index is -0.434. The zero-order chi connectivity index (χ0) is 20.1. The highest BCUT2D eigenvalue weighted by atomic mass is 35.5. The van der Waals surface area contributed by atoms with Crippen molar-refractivity contribution in [1.82, 2.24) is 10.2 Å². The Balaban J connectivity index is 1.45. The van der Waals surface area contributed by atoms with Crippen LogP contribution in [-0.2, 0) is 6.54 Å². The number of nitro benzene ring substituents is 1. The minimum Gasteiger partial charge on any atom is -0.335 e. The molecule has 0 radical (unpaired) electrons. The second-order valence-corrected chi connectivity index (χ2v) is 7.47. The van der Waals surface area contributed by atoms with E-state index in [0.717, 1.165) is 37.5 Å². The van der Waals surface area contributed by atoms with Gasteiger partial charge in [0.25, 0.3) is 5.69 Å². The van der Waals surface area contributed by atoms with Gasteiger partial charge in [-0.15, -0.1) is 0 Å². The largest absolute Gasteiger partial charge is 0.335 e. The SMILES string of the molecule is Cc1cc(NC(=O)NC2CCN(Cc3ccc(Cl)cc3)CC2)ccc1[N+](=O)[O-]. The number of anilines is 1. The standard InChI is InChI=1S/C20H23ClN4O3/c1-14-12-18(6-7-19(14)25(27)28)23-20(26)22-17-8-10-24(11-9-17)13-15-2-4-16(21)5-3-15/h2-7,12,17H,8-11,13H2,1H3,(H2,22,23,26). The Morgan fingerprint density at radius 2 is 1.89 bits per heavy atom. The number of nitro groups is 1. The Morgan fingerprint density at radius 3 is 2.50 bits per heavy atom. The van der Waals surface area contributed by atoms with Crippen LogP contribution in [0, 0.1) is 17.0 Å². The highest BCUT2D eigenvalue weighted by Crippen LogP contribution is 2.22. The zero-order valence-electron chi connectivity index (χ0n) is 15.7. The molecular weight excluding hydrogens is 380 g/mol. The van der Waals surface area contributed by atoms with Gasteiger partial charge < -0.3 is 10.6 Å². The van der Waals surface area contributed by atoms with Gasteiger partial charge in [0.15, 0.2) is 0 Å². The Labute approximate surface area is 168 Å². The first-order valence-corrected chi connectivity index (χ1v) is 9.58. The van der Waals surface area contributed by atoms with Crippen LogP contribution in [0.5, 0.6) is 0 Å². The predicted octanol–water partition coefficient (Wildman–Crippen LogP) is 4.34. The van der Waals surface area contributed by atoms with Crippen LogP contribution in [0.25, 0.3) is 0 Å². The summed E-state index contributed by atoms with van der Waals surface area (Å²) in [6, 6.07) is 12.2. The molecule has 148 valence electrons. The van der Waals surface area contributed by atoms with Crippen LogP contribution in [0.1, 0.15) is 24.0 Å². The molecule has 0 bridgehead atoms. The van der Waals surface area contributed by atoms with Crippen molar-refractivity contribution < 1.29 is 9.72 Å². The highest BCUT2D eigenvalue weighted by Gasteiger charge is 2.21. The molecule has 0 unspecified atom stereocenters. The monoisotopic (exact) mass is 402 g/mol. The van der Waals surface area contributed by atoms with Gasteiger partial charge in [-0.2, -0.15) is 0 Å². The molecule has 2 aromatic rings. The summed E-state index contributed by atoms with van der Waals surface area (Å²) >= 11 is 5.92. The van der Waals surface area contributed by atoms with Gasteiger partial charge in [-0.05, 0) is 49.6 Å². The van der Waals surface area contributed by atoms with E-state index in [1.54, 1.807) is 19.1 Å². The van der Waals surface area contributed by atoms with Crippen LogP contribution in [0.3, 0.4) is 0 Å². The second kappa shape index (κ2) is 9.03. The smallest absolute Gasteiger partial charge is 0.319 e. The van der Waals surface area contributed by atoms with Crippen LogP contribution >= 0.6 is 11.6 Å². The van der Waals surface area contributed by atoms with Crippen LogP contribution in [0.15, 0.2) is 42.5 Å². The fraction of sp³-hybridized carbons (Fsp3) is 0.350. The topological polar surface area (TPSA) is 87.5 Å². The normalized spacial score (nSPS) is 15.2. The van der Waals surface area contributed by atoms with Crippen molar-refractivity contribution in [3.8, 4) is 0 Å². The summed E-state index contributed by atoms with van der Waals surface area (Å²) in [7, 11) is 0. The Morgan fingerprint density at radius 1 is 1.21 bits per heavy atom. The first-order chi connectivity index (χ1) is 13.4. The number of piperidine rings is 1. The van der Waals surface area contributed by atoms with Gasteiger partial charge in [0.05, 0.1) is 4.92 Å². The molecule has 3 rings (SSSR count). The molecule has 1 fully saturated rings. The number of benzene rings is 2. The van der Waals surface area contributed by atoms with Crippen molar-refractivity contribution in [2.45, 2.75) is 32.4 Å². The third kappa shape index (κ3) is 5.43. The van der Waals surface area contributed by atoms with Gasteiger partial charge in [0.1, 0.15) is 0 Å². The lowest BCUT2D eigenvalue weighted by molar-refractivity contribution is -0.385. The molecule has 2 amide bonds. The third-order valence-corrected chi connectivity index (χ3v) is 5.15. The second-order valence-electron chi connectivity index (χ2n) is 7.03. The van der Waals surface area contributed by atoms with Crippen molar-refractivity contribution in [2.75, 3.05) is 18.4 Å². The number of likely N-dealkylation sites (tertiary alicyclic amines) is 1. The van der Waals surface area contributed by atoms with Crippen LogP contribution in [0.2, 0.25) is 5.02 Å². The molecular formula is C20H23ClN4O3. The average molecular weight is 403 g/mol. The van der Waals surface area contributed by atoms with Crippen LogP contribution in [-0.4, -0.2) is 35.0 Å². The molecule has 0 aromatic heterocycles. The van der Waals surface area contributed by atoms with Crippen LogP contribution < -0.4 is 10.6 Å². The van der Waals surface area contributed by atoms with Gasteiger partial charge in [0, 0.05) is 48.0 Å². The summed E-state index contributed by atoms with van der Waals surface area (Å²) in [4.78, 5) is 25.0. The third-order valence-electron chi connectivity index (χ3n) is 4.89. The van der Waals surface area contributed by atoms with E-state index in [1.807, 2.05) is 24.3 Å². The van der Waals surface area contributed by atoms with Gasteiger partial charge >= 0.3 is 6.03 Å². The van der Waals surface area contributed by atoms with Crippen molar-refractivity contribution in [3.63, 3.8) is 0 Å². The summed E-state index contributed by atoms with van der Waals surface area (Å²) < 4.78 is 0. The molecule has 1 saturated heterocycles. The molecule has 7 nitrogen and oxygen atoms in total. The van der Waals surface area contributed by atoms with Crippen molar-refractivity contribution in [2.24, 2.45) is 0 Å². The van der Waals surface area contributed by atoms with Crippen LogP contribution in [0.4, 0.5) is 16.2 Å². The number of carbonyl (C=O) groups excluding carboxylic acids is 1. The fourth-order valence-corrected chi connectivity index (χ4v) is 3.50. The van der Waals surface area contributed by atoms with E-state index in [-0.39, 0.29) is 17.8 Å². The molecule has 1 aliphatic rings. The number of hydrogen-bond acceptors (Lipinski definition) is 4. The van der Waals surface area contributed by atoms with E-state index in [0.29, 0.717) is 11.3 Å². The predicted molar refractivity (Wildman–Crippen MR) is 110 cm³/mol. The maximum atomic E-state index is 12.2. The maximum absolute atomic E-state index is 12.2. The first-order valence-electron chi connectivity index (χ1n) is 9.20. The Hall–Kier alpha value is -2.64. The van der Waals surface area contributed by atoms with Crippen molar-refractivity contribution in [1.29, 1.82) is 0 Å². The van der Waals surface area contributed by atoms with E-state index in [2.05, 4.69) is 15.5 Å². The Kier molecular flexibility index (Phi) is 6.49. The lowest BCUT2D eigenvalue weighted by atomic mass is 10.0. The van der Waals surface area contributed by atoms with E-state index in [1.165, 1.54) is 11.6 Å². The summed E-state index contributed by atoms with van der Waals surface area (Å²) in [5.74, 6) is 0. The molecule has 2 N–H and O–H groups in total. The highest BCUT2D eigenvalue weighted by molar-refractivity contribution is 6.30. The zero-order valence-corrected chi connectivity index (χ0v) is 16.4. The van der Waals surface area contributed by atoms with Crippen molar-refractivity contribution >= 4 is 29.0 Å². The maximum Gasteiger partial charge on any atom is 0.319 e. The van der Waals surface area contributed by atoms with E-state index in [4.69, 9.17) is 11.6 Å². The molecule has 1 heterocycles. The molecule has 0 aliphatic carbocycles. The molecule has 2 aromatic carbocycles. The molecule has 1 aliphatic heterocycles. The number of carbonyl (C=O) groups is 1. The minimum absolute atomic E-state index is 0.0408. The lowest BCUT2D eigenvalue weighted by Gasteiger charge is -2.32. The van der Waals surface area contributed by atoms with Gasteiger partial charge in [0.2, 0.25) is 0 Å². The number of halogens is 1. The van der Waals surface area contributed by atoms with Crippen molar-refractivity contribution in [3.05, 3.63) is 68.7 Å². The first kappa shape index (κ1) is 20.1. The number of nitrogens with zero attached hydrogens (tertiary/aromatic N) is 2. The number of hydrogen-bond donors (Lipinski definition) is 2. The van der Waals surface area contributed by atoms with Gasteiger partial charge in [-0.1, -0.05) is 23.7 Å². The number of nitrogens with one attached hydrogen (secondary N) is 2. The van der Waals surface area contributed by atoms with E-state index >= 15 is 0 Å². The Bertz CT molecular complexity index is 849. The van der Waals surface area contributed by atoms with E-state index < -0.39 is 4.92 Å². The lowest BCUT2D eigenvalue weighted by Crippen LogP contribution is -2.45. The molecule has 0 spiro atoms. The summed E-state index contributed by atoms with van der Waals surface area (Å²) in [6.07, 6.45) is 1.75. The summed E-state index contributed by atoms with van der Waals surface area (Å²) in [6.45, 7) is 4.34.